The number of hydroxylamine groups is 1. The van der Waals surface area contributed by atoms with Crippen LogP contribution in [-0.4, -0.2) is 35.1 Å². The van der Waals surface area contributed by atoms with E-state index in [-0.39, 0.29) is 0 Å². The van der Waals surface area contributed by atoms with Crippen molar-refractivity contribution < 1.29 is 10.0 Å². The van der Waals surface area contributed by atoms with Gasteiger partial charge < -0.3 is 5.21 Å². The molecule has 0 bridgehead atoms. The Labute approximate surface area is 123 Å². The predicted octanol–water partition coefficient (Wildman–Crippen LogP) is 2.96. The summed E-state index contributed by atoms with van der Waals surface area (Å²) in [5, 5.41) is 7.32. The number of fused-ring (bicyclic) bond motifs is 1. The molecular weight excluding hydrogens is 280 g/mol. The Morgan fingerprint density at radius 1 is 1.63 bits per heavy atom. The van der Waals surface area contributed by atoms with E-state index >= 15 is 0 Å². The zero-order valence-corrected chi connectivity index (χ0v) is 13.1. The highest BCUT2D eigenvalue weighted by Crippen LogP contribution is 2.30. The summed E-state index contributed by atoms with van der Waals surface area (Å²) in [6, 6.07) is 2.06. The molecule has 0 radical (unpaired) electrons. The van der Waals surface area contributed by atoms with E-state index in [1.807, 2.05) is 11.9 Å². The standard InChI is InChI=1S/C12H17NOS2.CH5NO/c1-2-3-6-15-13-5-4-10-7-11(9-14)16-12(10)8-13;1-2-3/h7,9H,2-6,8H2,1H3;2-3H,1H3. The first-order chi connectivity index (χ1) is 9.24. The Morgan fingerprint density at radius 3 is 3.00 bits per heavy atom. The van der Waals surface area contributed by atoms with E-state index in [1.54, 1.807) is 16.8 Å². The Hall–Kier alpha value is -0.400. The van der Waals surface area contributed by atoms with Crippen LogP contribution in [0.4, 0.5) is 0 Å². The van der Waals surface area contributed by atoms with E-state index < -0.39 is 0 Å². The number of thiophene rings is 1. The summed E-state index contributed by atoms with van der Waals surface area (Å²) in [7, 11) is 1.43. The molecule has 0 aromatic carbocycles. The summed E-state index contributed by atoms with van der Waals surface area (Å²) in [5.41, 5.74) is 3.14. The zero-order valence-electron chi connectivity index (χ0n) is 11.5. The molecule has 6 heteroatoms. The minimum atomic E-state index is 0.880. The number of rotatable bonds is 5. The molecule has 4 nitrogen and oxygen atoms in total. The average molecular weight is 302 g/mol. The van der Waals surface area contributed by atoms with Crippen LogP contribution in [0, 0.1) is 0 Å². The van der Waals surface area contributed by atoms with Crippen LogP contribution in [0.25, 0.3) is 0 Å². The topological polar surface area (TPSA) is 52.6 Å². The van der Waals surface area contributed by atoms with Crippen molar-refractivity contribution in [3.05, 3.63) is 21.4 Å². The van der Waals surface area contributed by atoms with E-state index in [9.17, 15) is 4.79 Å². The third kappa shape index (κ3) is 5.62. The average Bonchev–Trinajstić information content (AvgIpc) is 2.82. The lowest BCUT2D eigenvalue weighted by Crippen LogP contribution is -2.23. The maximum atomic E-state index is 10.7. The number of carbonyl (C=O) groups is 1. The minimum Gasteiger partial charge on any atom is -0.317 e. The molecule has 0 aliphatic carbocycles. The molecule has 1 aromatic rings. The summed E-state index contributed by atoms with van der Waals surface area (Å²) in [6.07, 6.45) is 4.62. The molecule has 0 unspecified atom stereocenters. The monoisotopic (exact) mass is 302 g/mol. The first-order valence-electron chi connectivity index (χ1n) is 6.50. The predicted molar refractivity (Wildman–Crippen MR) is 82.0 cm³/mol. The molecule has 2 N–H and O–H groups in total. The summed E-state index contributed by atoms with van der Waals surface area (Å²) < 4.78 is 2.43. The number of aldehydes is 1. The number of unbranched alkanes of at least 4 members (excludes halogenated alkanes) is 1. The Balaban J connectivity index is 0.000000550. The smallest absolute Gasteiger partial charge is 0.160 e. The molecule has 1 aliphatic rings. The van der Waals surface area contributed by atoms with Gasteiger partial charge in [-0.25, -0.2) is 9.79 Å². The molecule has 0 amide bonds. The van der Waals surface area contributed by atoms with Crippen molar-refractivity contribution in [1.82, 2.24) is 9.79 Å². The third-order valence-corrected chi connectivity index (χ3v) is 4.99. The Bertz CT molecular complexity index is 383. The maximum Gasteiger partial charge on any atom is 0.160 e. The van der Waals surface area contributed by atoms with Crippen LogP contribution in [0.5, 0.6) is 0 Å². The third-order valence-electron chi connectivity index (χ3n) is 2.75. The first kappa shape index (κ1) is 16.7. The summed E-state index contributed by atoms with van der Waals surface area (Å²) in [5.74, 6) is 1.22. The van der Waals surface area contributed by atoms with Crippen LogP contribution in [0.15, 0.2) is 6.07 Å². The lowest BCUT2D eigenvalue weighted by molar-refractivity contribution is 0.112. The summed E-state index contributed by atoms with van der Waals surface area (Å²) >= 11 is 3.61. The SMILES string of the molecule is CCCCSN1CCc2cc(C=O)sc2C1.CNO. The van der Waals surface area contributed by atoms with Crippen molar-refractivity contribution in [1.29, 1.82) is 0 Å². The van der Waals surface area contributed by atoms with Crippen LogP contribution in [-0.2, 0) is 13.0 Å². The van der Waals surface area contributed by atoms with Crippen LogP contribution in [0.1, 0.15) is 39.9 Å². The molecule has 0 saturated carbocycles. The molecule has 0 spiro atoms. The molecule has 0 saturated heterocycles. The van der Waals surface area contributed by atoms with Crippen molar-refractivity contribution in [3.8, 4) is 0 Å². The van der Waals surface area contributed by atoms with Gasteiger partial charge in [0, 0.05) is 30.8 Å². The lowest BCUT2D eigenvalue weighted by Gasteiger charge is -2.25. The van der Waals surface area contributed by atoms with E-state index in [4.69, 9.17) is 5.21 Å². The molecule has 2 heterocycles. The van der Waals surface area contributed by atoms with Gasteiger partial charge in [0.2, 0.25) is 0 Å². The molecule has 1 aliphatic heterocycles. The second-order valence-electron chi connectivity index (χ2n) is 4.24. The lowest BCUT2D eigenvalue weighted by atomic mass is 10.1. The van der Waals surface area contributed by atoms with Gasteiger partial charge in [-0.2, -0.15) is 0 Å². The van der Waals surface area contributed by atoms with E-state index in [0.29, 0.717) is 0 Å². The Kier molecular flexibility index (Phi) is 8.32. The van der Waals surface area contributed by atoms with Gasteiger partial charge in [-0.1, -0.05) is 25.3 Å². The summed E-state index contributed by atoms with van der Waals surface area (Å²) in [4.78, 5) is 13.0. The van der Waals surface area contributed by atoms with Gasteiger partial charge in [0.05, 0.1) is 4.88 Å². The fourth-order valence-electron chi connectivity index (χ4n) is 1.83. The van der Waals surface area contributed by atoms with Crippen molar-refractivity contribution in [3.63, 3.8) is 0 Å². The molecular formula is C13H22N2O2S2. The highest BCUT2D eigenvalue weighted by molar-refractivity contribution is 7.96. The van der Waals surface area contributed by atoms with Crippen molar-refractivity contribution in [2.75, 3.05) is 19.3 Å². The van der Waals surface area contributed by atoms with Gasteiger partial charge >= 0.3 is 0 Å². The van der Waals surface area contributed by atoms with Gasteiger partial charge in [-0.05, 0) is 24.5 Å². The molecule has 0 fully saturated rings. The van der Waals surface area contributed by atoms with Crippen molar-refractivity contribution >= 4 is 29.6 Å². The number of hydrogen-bond acceptors (Lipinski definition) is 6. The van der Waals surface area contributed by atoms with Gasteiger partial charge in [-0.15, -0.1) is 11.3 Å². The Morgan fingerprint density at radius 2 is 2.37 bits per heavy atom. The van der Waals surface area contributed by atoms with Gasteiger partial charge in [0.1, 0.15) is 0 Å². The van der Waals surface area contributed by atoms with Crippen molar-refractivity contribution in [2.24, 2.45) is 0 Å². The van der Waals surface area contributed by atoms with Crippen LogP contribution in [0.2, 0.25) is 0 Å². The number of nitrogens with one attached hydrogen (secondary N) is 1. The van der Waals surface area contributed by atoms with Crippen LogP contribution >= 0.6 is 23.3 Å². The highest BCUT2D eigenvalue weighted by Gasteiger charge is 2.19. The van der Waals surface area contributed by atoms with E-state index in [2.05, 4.69) is 17.3 Å². The van der Waals surface area contributed by atoms with E-state index in [1.165, 1.54) is 36.1 Å². The molecule has 108 valence electrons. The number of hydrogen-bond donors (Lipinski definition) is 2. The second kappa shape index (κ2) is 9.50. The fraction of sp³-hybridized carbons (Fsp3) is 0.615. The van der Waals surface area contributed by atoms with Crippen LogP contribution < -0.4 is 5.48 Å². The highest BCUT2D eigenvalue weighted by atomic mass is 32.2. The molecule has 0 atom stereocenters. The molecule has 19 heavy (non-hydrogen) atoms. The van der Waals surface area contributed by atoms with Crippen LogP contribution in [0.3, 0.4) is 0 Å². The summed E-state index contributed by atoms with van der Waals surface area (Å²) in [6.45, 7) is 4.36. The molecule has 2 rings (SSSR count). The van der Waals surface area contributed by atoms with Gasteiger partial charge in [0.15, 0.2) is 6.29 Å². The maximum absolute atomic E-state index is 10.7. The fourth-order valence-corrected chi connectivity index (χ4v) is 4.07. The van der Waals surface area contributed by atoms with Gasteiger partial charge in [-0.3, -0.25) is 4.79 Å². The normalized spacial score (nSPS) is 14.5. The largest absolute Gasteiger partial charge is 0.317 e. The number of carbonyl (C=O) groups excluding carboxylic acids is 1. The number of nitrogens with zero attached hydrogens (tertiary/aromatic N) is 1. The second-order valence-corrected chi connectivity index (χ2v) is 6.59. The first-order valence-corrected chi connectivity index (χ1v) is 8.26. The van der Waals surface area contributed by atoms with E-state index in [0.717, 1.165) is 30.7 Å². The minimum absolute atomic E-state index is 0.880. The van der Waals surface area contributed by atoms with Crippen molar-refractivity contribution in [2.45, 2.75) is 32.7 Å². The quantitative estimate of drug-likeness (QED) is 0.379. The van der Waals surface area contributed by atoms with Gasteiger partial charge in [0.25, 0.3) is 0 Å². The zero-order chi connectivity index (χ0) is 14.1. The molecule has 1 aromatic heterocycles.